The quantitative estimate of drug-likeness (QED) is 0.782. The Morgan fingerprint density at radius 3 is 2.89 bits per heavy atom. The Balaban J connectivity index is 1.92. The summed E-state index contributed by atoms with van der Waals surface area (Å²) in [6.07, 6.45) is 6.35. The van der Waals surface area contributed by atoms with Gasteiger partial charge < -0.3 is 9.47 Å². The van der Waals surface area contributed by atoms with Crippen LogP contribution in [0.25, 0.3) is 11.0 Å². The monoisotopic (exact) mass is 257 g/mol. The molecule has 0 aromatic carbocycles. The van der Waals surface area contributed by atoms with Gasteiger partial charge in [0.25, 0.3) is 0 Å². The van der Waals surface area contributed by atoms with Crippen LogP contribution in [-0.4, -0.2) is 39.7 Å². The largest absolute Gasteiger partial charge is 0.341 e. The van der Waals surface area contributed by atoms with Crippen molar-refractivity contribution in [2.75, 3.05) is 13.1 Å². The molecule has 0 radical (unpaired) electrons. The average Bonchev–Trinajstić information content (AvgIpc) is 3.07. The minimum absolute atomic E-state index is 0.0949. The summed E-state index contributed by atoms with van der Waals surface area (Å²) >= 11 is 0. The molecule has 2 aromatic heterocycles. The van der Waals surface area contributed by atoms with Crippen molar-refractivity contribution >= 4 is 23.2 Å². The molecule has 1 aliphatic rings. The molecule has 1 saturated heterocycles. The molecule has 3 rings (SSSR count). The standard InChI is InChI=1S/C14H15N3O2/c18-10-11-8-17(14-12(11)4-3-5-15-14)9-13(19)16-6-1-2-7-16/h3-5,8,10H,1-2,6-7,9H2. The van der Waals surface area contributed by atoms with Crippen molar-refractivity contribution in [3.63, 3.8) is 0 Å². The maximum Gasteiger partial charge on any atom is 0.242 e. The van der Waals surface area contributed by atoms with E-state index in [0.29, 0.717) is 11.2 Å². The summed E-state index contributed by atoms with van der Waals surface area (Å²) in [6.45, 7) is 1.93. The number of carbonyl (C=O) groups is 2. The SMILES string of the molecule is O=Cc1cn(CC(=O)N2CCCC2)c2ncccc12. The van der Waals surface area contributed by atoms with Crippen LogP contribution in [0.1, 0.15) is 23.2 Å². The van der Waals surface area contributed by atoms with Gasteiger partial charge in [0.1, 0.15) is 12.2 Å². The molecule has 0 unspecified atom stereocenters. The van der Waals surface area contributed by atoms with Crippen molar-refractivity contribution in [2.45, 2.75) is 19.4 Å². The van der Waals surface area contributed by atoms with E-state index >= 15 is 0 Å². The maximum atomic E-state index is 12.1. The van der Waals surface area contributed by atoms with Crippen LogP contribution in [0.5, 0.6) is 0 Å². The predicted molar refractivity (Wildman–Crippen MR) is 70.9 cm³/mol. The van der Waals surface area contributed by atoms with Gasteiger partial charge in [-0.1, -0.05) is 0 Å². The van der Waals surface area contributed by atoms with Gasteiger partial charge in [0.05, 0.1) is 0 Å². The molecule has 0 N–H and O–H groups in total. The fraction of sp³-hybridized carbons (Fsp3) is 0.357. The molecule has 0 atom stereocenters. The number of amides is 1. The molecule has 5 nitrogen and oxygen atoms in total. The summed E-state index contributed by atoms with van der Waals surface area (Å²) in [5.41, 5.74) is 1.27. The van der Waals surface area contributed by atoms with Gasteiger partial charge >= 0.3 is 0 Å². The van der Waals surface area contributed by atoms with E-state index in [1.165, 1.54) is 0 Å². The molecule has 1 aliphatic heterocycles. The minimum atomic E-state index is 0.0949. The van der Waals surface area contributed by atoms with E-state index in [1.54, 1.807) is 23.0 Å². The van der Waals surface area contributed by atoms with Crippen molar-refractivity contribution in [3.05, 3.63) is 30.1 Å². The third kappa shape index (κ3) is 2.12. The van der Waals surface area contributed by atoms with Crippen LogP contribution in [0.4, 0.5) is 0 Å². The first-order valence-electron chi connectivity index (χ1n) is 6.46. The third-order valence-electron chi connectivity index (χ3n) is 3.56. The lowest BCUT2D eigenvalue weighted by Crippen LogP contribution is -2.30. The van der Waals surface area contributed by atoms with Crippen LogP contribution in [0, 0.1) is 0 Å². The Kier molecular flexibility index (Phi) is 3.03. The number of likely N-dealkylation sites (tertiary alicyclic amines) is 1. The smallest absolute Gasteiger partial charge is 0.242 e. The number of hydrogen-bond donors (Lipinski definition) is 0. The van der Waals surface area contributed by atoms with E-state index < -0.39 is 0 Å². The second kappa shape index (κ2) is 4.84. The molecule has 5 heteroatoms. The van der Waals surface area contributed by atoms with Crippen molar-refractivity contribution in [1.29, 1.82) is 0 Å². The molecule has 0 aliphatic carbocycles. The van der Waals surface area contributed by atoms with Crippen LogP contribution in [0.2, 0.25) is 0 Å². The van der Waals surface area contributed by atoms with E-state index in [4.69, 9.17) is 0 Å². The fourth-order valence-electron chi connectivity index (χ4n) is 2.58. The van der Waals surface area contributed by atoms with Gasteiger partial charge in [-0.15, -0.1) is 0 Å². The molecular formula is C14H15N3O2. The number of aromatic nitrogens is 2. The van der Waals surface area contributed by atoms with Crippen LogP contribution >= 0.6 is 0 Å². The van der Waals surface area contributed by atoms with Crippen LogP contribution in [0.15, 0.2) is 24.5 Å². The van der Waals surface area contributed by atoms with Crippen LogP contribution in [-0.2, 0) is 11.3 Å². The van der Waals surface area contributed by atoms with Crippen molar-refractivity contribution < 1.29 is 9.59 Å². The molecule has 1 fully saturated rings. The van der Waals surface area contributed by atoms with Crippen molar-refractivity contribution in [3.8, 4) is 0 Å². The average molecular weight is 257 g/mol. The number of rotatable bonds is 3. The van der Waals surface area contributed by atoms with Gasteiger partial charge in [-0.05, 0) is 25.0 Å². The highest BCUT2D eigenvalue weighted by Gasteiger charge is 2.19. The first-order valence-corrected chi connectivity index (χ1v) is 6.46. The molecule has 98 valence electrons. The summed E-state index contributed by atoms with van der Waals surface area (Å²) in [7, 11) is 0. The molecule has 0 spiro atoms. The zero-order valence-electron chi connectivity index (χ0n) is 10.6. The number of aldehydes is 1. The van der Waals surface area contributed by atoms with Crippen LogP contribution < -0.4 is 0 Å². The van der Waals surface area contributed by atoms with Crippen molar-refractivity contribution in [1.82, 2.24) is 14.5 Å². The first-order chi connectivity index (χ1) is 9.29. The first kappa shape index (κ1) is 11.9. The Labute approximate surface area is 110 Å². The Hall–Kier alpha value is -2.17. The number of fused-ring (bicyclic) bond motifs is 1. The molecule has 3 heterocycles. The van der Waals surface area contributed by atoms with E-state index in [2.05, 4.69) is 4.98 Å². The highest BCUT2D eigenvalue weighted by molar-refractivity contribution is 5.96. The molecule has 0 saturated carbocycles. The molecular weight excluding hydrogens is 242 g/mol. The Morgan fingerprint density at radius 1 is 1.37 bits per heavy atom. The fourth-order valence-corrected chi connectivity index (χ4v) is 2.58. The second-order valence-corrected chi connectivity index (χ2v) is 4.79. The molecule has 2 aromatic rings. The molecule has 19 heavy (non-hydrogen) atoms. The van der Waals surface area contributed by atoms with Crippen molar-refractivity contribution in [2.24, 2.45) is 0 Å². The highest BCUT2D eigenvalue weighted by atomic mass is 16.2. The Morgan fingerprint density at radius 2 is 2.16 bits per heavy atom. The summed E-state index contributed by atoms with van der Waals surface area (Å²) in [5, 5.41) is 0.798. The van der Waals surface area contributed by atoms with Gasteiger partial charge in [-0.25, -0.2) is 4.98 Å². The highest BCUT2D eigenvalue weighted by Crippen LogP contribution is 2.18. The topological polar surface area (TPSA) is 55.2 Å². The number of hydrogen-bond acceptors (Lipinski definition) is 3. The summed E-state index contributed by atoms with van der Waals surface area (Å²) in [4.78, 5) is 29.3. The van der Waals surface area contributed by atoms with E-state index in [-0.39, 0.29) is 12.5 Å². The van der Waals surface area contributed by atoms with E-state index in [9.17, 15) is 9.59 Å². The van der Waals surface area contributed by atoms with Crippen LogP contribution in [0.3, 0.4) is 0 Å². The zero-order chi connectivity index (χ0) is 13.2. The second-order valence-electron chi connectivity index (χ2n) is 4.79. The molecule has 0 bridgehead atoms. The number of carbonyl (C=O) groups excluding carboxylic acids is 2. The molecule has 1 amide bonds. The van der Waals surface area contributed by atoms with Gasteiger partial charge in [0.2, 0.25) is 5.91 Å². The van der Waals surface area contributed by atoms with Gasteiger partial charge in [0.15, 0.2) is 6.29 Å². The minimum Gasteiger partial charge on any atom is -0.341 e. The predicted octanol–water partition coefficient (Wildman–Crippen LogP) is 1.47. The number of pyridine rings is 1. The van der Waals surface area contributed by atoms with E-state index in [1.807, 2.05) is 11.0 Å². The van der Waals surface area contributed by atoms with Gasteiger partial charge in [0, 0.05) is 36.4 Å². The third-order valence-corrected chi connectivity index (χ3v) is 3.56. The van der Waals surface area contributed by atoms with Gasteiger partial charge in [-0.2, -0.15) is 0 Å². The maximum absolute atomic E-state index is 12.1. The summed E-state index contributed by atoms with van der Waals surface area (Å²) < 4.78 is 1.76. The van der Waals surface area contributed by atoms with E-state index in [0.717, 1.165) is 37.6 Å². The lowest BCUT2D eigenvalue weighted by molar-refractivity contribution is -0.130. The van der Waals surface area contributed by atoms with Gasteiger partial charge in [-0.3, -0.25) is 9.59 Å². The Bertz CT molecular complexity index is 627. The normalized spacial score (nSPS) is 15.1. The summed E-state index contributed by atoms with van der Waals surface area (Å²) in [5.74, 6) is 0.0949. The lowest BCUT2D eigenvalue weighted by atomic mass is 10.2. The lowest BCUT2D eigenvalue weighted by Gasteiger charge is -2.15. The zero-order valence-corrected chi connectivity index (χ0v) is 10.6. The number of nitrogens with zero attached hydrogens (tertiary/aromatic N) is 3. The summed E-state index contributed by atoms with van der Waals surface area (Å²) in [6, 6.07) is 3.64.